The molecule has 3 nitrogen and oxygen atoms in total. The Hall–Kier alpha value is -0.120. The minimum absolute atomic E-state index is 0.786. The lowest BCUT2D eigenvalue weighted by Gasteiger charge is -2.19. The number of hydrogen-bond donors (Lipinski definition) is 1. The van der Waals surface area contributed by atoms with Gasteiger partial charge in [0.1, 0.15) is 0 Å². The second-order valence-electron chi connectivity index (χ2n) is 4.73. The fourth-order valence-electron chi connectivity index (χ4n) is 2.69. The Kier molecular flexibility index (Phi) is 3.79. The first-order valence-electron chi connectivity index (χ1n) is 5.80. The van der Waals surface area contributed by atoms with Crippen molar-refractivity contribution in [1.82, 2.24) is 10.2 Å². The summed E-state index contributed by atoms with van der Waals surface area (Å²) < 4.78 is 5.21. The van der Waals surface area contributed by atoms with Crippen LogP contribution >= 0.6 is 0 Å². The molecule has 0 spiro atoms. The van der Waals surface area contributed by atoms with Gasteiger partial charge in [-0.05, 0) is 44.3 Å². The summed E-state index contributed by atoms with van der Waals surface area (Å²) in [6.45, 7) is 7.23. The highest BCUT2D eigenvalue weighted by molar-refractivity contribution is 4.80. The molecule has 2 rings (SSSR count). The molecule has 2 unspecified atom stereocenters. The van der Waals surface area contributed by atoms with E-state index in [0.29, 0.717) is 0 Å². The highest BCUT2D eigenvalue weighted by Gasteiger charge is 2.25. The summed E-state index contributed by atoms with van der Waals surface area (Å²) in [6, 6.07) is 0. The van der Waals surface area contributed by atoms with E-state index in [9.17, 15) is 0 Å². The molecule has 2 atom stereocenters. The molecule has 0 aromatic carbocycles. The molecule has 3 heteroatoms. The first kappa shape index (κ1) is 10.4. The smallest absolute Gasteiger partial charge is 0.0503 e. The van der Waals surface area contributed by atoms with Crippen LogP contribution in [0, 0.1) is 11.8 Å². The Morgan fingerprint density at radius 3 is 3.00 bits per heavy atom. The van der Waals surface area contributed by atoms with E-state index in [4.69, 9.17) is 4.74 Å². The lowest BCUT2D eigenvalue weighted by atomic mass is 10.1. The lowest BCUT2D eigenvalue weighted by molar-refractivity contribution is 0.151. The van der Waals surface area contributed by atoms with Crippen LogP contribution in [0.5, 0.6) is 0 Å². The third-order valence-corrected chi connectivity index (χ3v) is 3.45. The minimum atomic E-state index is 0.786. The van der Waals surface area contributed by atoms with Gasteiger partial charge < -0.3 is 15.0 Å². The second-order valence-corrected chi connectivity index (χ2v) is 4.73. The molecule has 2 saturated heterocycles. The van der Waals surface area contributed by atoms with Crippen molar-refractivity contribution in [2.45, 2.75) is 12.8 Å². The van der Waals surface area contributed by atoms with E-state index in [0.717, 1.165) is 18.4 Å². The van der Waals surface area contributed by atoms with Gasteiger partial charge in [-0.25, -0.2) is 0 Å². The Balaban J connectivity index is 1.67. The Bertz CT molecular complexity index is 169. The zero-order valence-electron chi connectivity index (χ0n) is 9.17. The maximum atomic E-state index is 5.21. The summed E-state index contributed by atoms with van der Waals surface area (Å²) in [7, 11) is 1.81. The van der Waals surface area contributed by atoms with E-state index in [2.05, 4.69) is 10.2 Å². The fraction of sp³-hybridized carbons (Fsp3) is 1.00. The Morgan fingerprint density at radius 1 is 1.36 bits per heavy atom. The van der Waals surface area contributed by atoms with Gasteiger partial charge in [0, 0.05) is 20.2 Å². The third-order valence-electron chi connectivity index (χ3n) is 3.45. The first-order valence-corrected chi connectivity index (χ1v) is 5.80. The van der Waals surface area contributed by atoms with Gasteiger partial charge in [0.15, 0.2) is 0 Å². The van der Waals surface area contributed by atoms with Crippen molar-refractivity contribution in [2.24, 2.45) is 11.8 Å². The van der Waals surface area contributed by atoms with Crippen LogP contribution < -0.4 is 5.32 Å². The van der Waals surface area contributed by atoms with Gasteiger partial charge in [-0.1, -0.05) is 0 Å². The molecule has 14 heavy (non-hydrogen) atoms. The third kappa shape index (κ3) is 2.69. The van der Waals surface area contributed by atoms with Gasteiger partial charge in [0.05, 0.1) is 6.61 Å². The van der Waals surface area contributed by atoms with Gasteiger partial charge in [0.25, 0.3) is 0 Å². The van der Waals surface area contributed by atoms with Crippen LogP contribution in [0.4, 0.5) is 0 Å². The van der Waals surface area contributed by atoms with Crippen LogP contribution in [0.2, 0.25) is 0 Å². The highest BCUT2D eigenvalue weighted by Crippen LogP contribution is 2.19. The van der Waals surface area contributed by atoms with E-state index in [1.54, 1.807) is 0 Å². The molecule has 0 aromatic rings. The molecular formula is C11H22N2O. The quantitative estimate of drug-likeness (QED) is 0.714. The van der Waals surface area contributed by atoms with Gasteiger partial charge in [-0.15, -0.1) is 0 Å². The predicted octanol–water partition coefficient (Wildman–Crippen LogP) is 0.564. The van der Waals surface area contributed by atoms with Crippen molar-refractivity contribution < 1.29 is 4.74 Å². The first-order chi connectivity index (χ1) is 6.88. The van der Waals surface area contributed by atoms with Crippen molar-refractivity contribution >= 4 is 0 Å². The zero-order valence-corrected chi connectivity index (χ0v) is 9.17. The molecule has 0 aromatic heterocycles. The number of hydrogen-bond acceptors (Lipinski definition) is 3. The maximum absolute atomic E-state index is 5.21. The maximum Gasteiger partial charge on any atom is 0.0503 e. The normalized spacial score (nSPS) is 34.1. The van der Waals surface area contributed by atoms with Gasteiger partial charge in [-0.2, -0.15) is 0 Å². The summed E-state index contributed by atoms with van der Waals surface area (Å²) in [5.74, 6) is 1.69. The summed E-state index contributed by atoms with van der Waals surface area (Å²) >= 11 is 0. The number of ether oxygens (including phenoxy) is 1. The van der Waals surface area contributed by atoms with Crippen LogP contribution in [0.15, 0.2) is 0 Å². The zero-order chi connectivity index (χ0) is 9.80. The monoisotopic (exact) mass is 198 g/mol. The van der Waals surface area contributed by atoms with Crippen molar-refractivity contribution in [3.8, 4) is 0 Å². The van der Waals surface area contributed by atoms with Crippen LogP contribution in [-0.2, 0) is 4.74 Å². The topological polar surface area (TPSA) is 24.5 Å². The standard InChI is InChI=1S/C11H22N2O/c1-14-9-11-3-5-13(8-11)7-10-2-4-12-6-10/h10-12H,2-9H2,1H3. The molecule has 82 valence electrons. The van der Waals surface area contributed by atoms with Crippen molar-refractivity contribution in [2.75, 3.05) is 46.4 Å². The molecule has 0 saturated carbocycles. The molecular weight excluding hydrogens is 176 g/mol. The van der Waals surface area contributed by atoms with Crippen LogP contribution in [0.3, 0.4) is 0 Å². The Labute approximate surface area is 86.8 Å². The summed E-state index contributed by atoms with van der Waals surface area (Å²) in [6.07, 6.45) is 2.69. The van der Waals surface area contributed by atoms with Crippen molar-refractivity contribution in [3.63, 3.8) is 0 Å². The SMILES string of the molecule is COCC1CCN(CC2CCNC2)C1. The second kappa shape index (κ2) is 5.10. The van der Waals surface area contributed by atoms with Gasteiger partial charge in [-0.3, -0.25) is 0 Å². The van der Waals surface area contributed by atoms with E-state index >= 15 is 0 Å². The average Bonchev–Trinajstić information content (AvgIpc) is 2.79. The molecule has 0 amide bonds. The predicted molar refractivity (Wildman–Crippen MR) is 57.4 cm³/mol. The lowest BCUT2D eigenvalue weighted by Crippen LogP contribution is -2.29. The number of nitrogens with zero attached hydrogens (tertiary/aromatic N) is 1. The highest BCUT2D eigenvalue weighted by atomic mass is 16.5. The van der Waals surface area contributed by atoms with Crippen molar-refractivity contribution in [3.05, 3.63) is 0 Å². The number of likely N-dealkylation sites (tertiary alicyclic amines) is 1. The summed E-state index contributed by atoms with van der Waals surface area (Å²) in [4.78, 5) is 2.61. The molecule has 2 heterocycles. The van der Waals surface area contributed by atoms with Gasteiger partial charge >= 0.3 is 0 Å². The van der Waals surface area contributed by atoms with Crippen LogP contribution in [-0.4, -0.2) is 51.3 Å². The molecule has 1 N–H and O–H groups in total. The van der Waals surface area contributed by atoms with Crippen LogP contribution in [0.25, 0.3) is 0 Å². The molecule has 2 aliphatic heterocycles. The van der Waals surface area contributed by atoms with E-state index in [-0.39, 0.29) is 0 Å². The minimum Gasteiger partial charge on any atom is -0.384 e. The Morgan fingerprint density at radius 2 is 2.29 bits per heavy atom. The molecule has 2 aliphatic rings. The number of methoxy groups -OCH3 is 1. The molecule has 0 aliphatic carbocycles. The van der Waals surface area contributed by atoms with E-state index in [1.165, 1.54) is 45.6 Å². The van der Waals surface area contributed by atoms with Gasteiger partial charge in [0.2, 0.25) is 0 Å². The number of rotatable bonds is 4. The largest absolute Gasteiger partial charge is 0.384 e. The molecule has 0 bridgehead atoms. The summed E-state index contributed by atoms with van der Waals surface area (Å²) in [5.41, 5.74) is 0. The van der Waals surface area contributed by atoms with E-state index in [1.807, 2.05) is 7.11 Å². The fourth-order valence-corrected chi connectivity index (χ4v) is 2.69. The van der Waals surface area contributed by atoms with Crippen LogP contribution in [0.1, 0.15) is 12.8 Å². The number of nitrogens with one attached hydrogen (secondary N) is 1. The molecule has 2 fully saturated rings. The molecule has 0 radical (unpaired) electrons. The van der Waals surface area contributed by atoms with Crippen molar-refractivity contribution in [1.29, 1.82) is 0 Å². The average molecular weight is 198 g/mol. The van der Waals surface area contributed by atoms with E-state index < -0.39 is 0 Å². The summed E-state index contributed by atoms with van der Waals surface area (Å²) in [5, 5.41) is 3.43.